The molecule has 0 N–H and O–H groups in total. The summed E-state index contributed by atoms with van der Waals surface area (Å²) in [5, 5.41) is 0.352. The summed E-state index contributed by atoms with van der Waals surface area (Å²) in [6.45, 7) is 3.18. The number of ether oxygens (including phenoxy) is 2. The lowest BCUT2D eigenvalue weighted by molar-refractivity contribution is 0.402. The van der Waals surface area contributed by atoms with Crippen molar-refractivity contribution in [2.45, 2.75) is 13.8 Å². The first kappa shape index (κ1) is 18.2. The van der Waals surface area contributed by atoms with E-state index >= 15 is 0 Å². The van der Waals surface area contributed by atoms with Crippen molar-refractivity contribution in [3.8, 4) is 11.5 Å². The van der Waals surface area contributed by atoms with Gasteiger partial charge in [-0.2, -0.15) is 0 Å². The van der Waals surface area contributed by atoms with E-state index in [1.165, 1.54) is 27.2 Å². The highest BCUT2D eigenvalue weighted by Gasteiger charge is 2.06. The molecular weight excluding hydrogens is 317 g/mol. The van der Waals surface area contributed by atoms with Crippen LogP contribution in [0.15, 0.2) is 24.3 Å². The maximum Gasteiger partial charge on any atom is 0.132 e. The van der Waals surface area contributed by atoms with E-state index in [4.69, 9.17) is 21.1 Å². The monoisotopic (exact) mass is 332 g/mol. The van der Waals surface area contributed by atoms with Gasteiger partial charge in [-0.1, -0.05) is 11.6 Å². The largest absolute Gasteiger partial charge is 0.496 e. The van der Waals surface area contributed by atoms with Gasteiger partial charge in [0, 0.05) is 28.3 Å². The highest BCUT2D eigenvalue weighted by Crippen LogP contribution is 2.25. The summed E-state index contributed by atoms with van der Waals surface area (Å²) in [7, 11) is 2.86. The van der Waals surface area contributed by atoms with Crippen LogP contribution in [0, 0.1) is 31.3 Å². The number of methoxy groups -OCH3 is 2. The van der Waals surface area contributed by atoms with Crippen molar-refractivity contribution in [2.75, 3.05) is 14.2 Å². The molecule has 0 spiro atoms. The number of hydrogen-bond donors (Lipinski definition) is 0. The Kier molecular flexibility index (Phi) is 6.56. The highest BCUT2D eigenvalue weighted by atomic mass is 35.5. The van der Waals surface area contributed by atoms with Crippen molar-refractivity contribution in [1.82, 2.24) is 0 Å². The number of hydrogen-bond acceptors (Lipinski definition) is 2. The van der Waals surface area contributed by atoms with Gasteiger partial charge in [0.2, 0.25) is 0 Å². The topological polar surface area (TPSA) is 18.5 Å². The fraction of sp³-hybridized carbons (Fsp3) is 0.250. The molecule has 2 aromatic carbocycles. The van der Waals surface area contributed by atoms with Gasteiger partial charge in [0.05, 0.1) is 14.2 Å². The molecule has 0 fully saturated rings. The minimum atomic E-state index is -0.620. The molecule has 0 saturated carbocycles. The molecule has 2 rings (SSSR count). The van der Waals surface area contributed by atoms with Gasteiger partial charge >= 0.3 is 0 Å². The van der Waals surface area contributed by atoms with Crippen molar-refractivity contribution < 1.29 is 22.6 Å². The minimum Gasteiger partial charge on any atom is -0.496 e. The molecular formula is C16H16ClF3O2. The van der Waals surface area contributed by atoms with Crippen molar-refractivity contribution in [3.63, 3.8) is 0 Å². The summed E-state index contributed by atoms with van der Waals surface area (Å²) < 4.78 is 47.7. The fourth-order valence-corrected chi connectivity index (χ4v) is 1.86. The summed E-state index contributed by atoms with van der Waals surface area (Å²) in [5.41, 5.74) is 0.811. The normalized spacial score (nSPS) is 9.82. The molecule has 6 heteroatoms. The Bertz CT molecular complexity index is 603. The summed E-state index contributed by atoms with van der Waals surface area (Å²) >= 11 is 5.58. The van der Waals surface area contributed by atoms with Gasteiger partial charge in [0.25, 0.3) is 0 Å². The van der Waals surface area contributed by atoms with E-state index in [2.05, 4.69) is 0 Å². The van der Waals surface area contributed by atoms with E-state index < -0.39 is 11.6 Å². The molecule has 0 unspecified atom stereocenters. The Labute approximate surface area is 132 Å². The van der Waals surface area contributed by atoms with E-state index in [9.17, 15) is 13.2 Å². The zero-order valence-electron chi connectivity index (χ0n) is 12.6. The lowest BCUT2D eigenvalue weighted by Crippen LogP contribution is -1.92. The predicted octanol–water partition coefficient (Wildman–Crippen LogP) is 5.08. The molecule has 2 nitrogen and oxygen atoms in total. The summed E-state index contributed by atoms with van der Waals surface area (Å²) in [4.78, 5) is 0. The number of halogens is 4. The van der Waals surface area contributed by atoms with Crippen LogP contribution in [0.5, 0.6) is 11.5 Å². The maximum atomic E-state index is 12.9. The standard InChI is InChI=1S/C8H8ClFO.C8H8F2O/c2*1-5-7(10)3-6(9)4-8(5)11-2/h2*3-4H,1-2H3. The van der Waals surface area contributed by atoms with Crippen LogP contribution in [0.4, 0.5) is 13.2 Å². The van der Waals surface area contributed by atoms with Crippen LogP contribution in [-0.2, 0) is 0 Å². The van der Waals surface area contributed by atoms with E-state index in [0.29, 0.717) is 21.9 Å². The molecule has 0 aromatic heterocycles. The van der Waals surface area contributed by atoms with Crippen LogP contribution < -0.4 is 9.47 Å². The second kappa shape index (κ2) is 7.94. The molecule has 22 heavy (non-hydrogen) atoms. The highest BCUT2D eigenvalue weighted by molar-refractivity contribution is 6.30. The second-order valence-corrected chi connectivity index (χ2v) is 4.87. The van der Waals surface area contributed by atoms with E-state index in [1.807, 2.05) is 0 Å². The van der Waals surface area contributed by atoms with Crippen LogP contribution in [-0.4, -0.2) is 14.2 Å². The molecule has 0 aliphatic carbocycles. The molecule has 120 valence electrons. The van der Waals surface area contributed by atoms with Gasteiger partial charge in [-0.25, -0.2) is 13.2 Å². The van der Waals surface area contributed by atoms with Crippen molar-refractivity contribution in [3.05, 3.63) is 57.9 Å². The summed E-state index contributed by atoms with van der Waals surface area (Å²) in [6.07, 6.45) is 0. The minimum absolute atomic E-state index is 0.238. The predicted molar refractivity (Wildman–Crippen MR) is 80.3 cm³/mol. The number of benzene rings is 2. The first-order valence-corrected chi connectivity index (χ1v) is 6.67. The molecule has 0 saturated heterocycles. The third-order valence-electron chi connectivity index (χ3n) is 2.96. The van der Waals surface area contributed by atoms with Gasteiger partial charge in [-0.05, 0) is 26.0 Å². The fourth-order valence-electron chi connectivity index (χ4n) is 1.67. The summed E-state index contributed by atoms with van der Waals surface area (Å²) in [5.74, 6) is -0.821. The average Bonchev–Trinajstić information content (AvgIpc) is 2.47. The Morgan fingerprint density at radius 1 is 0.773 bits per heavy atom. The van der Waals surface area contributed by atoms with Crippen molar-refractivity contribution >= 4 is 11.6 Å². The third-order valence-corrected chi connectivity index (χ3v) is 3.18. The Hall–Kier alpha value is -1.88. The molecule has 0 radical (unpaired) electrons. The van der Waals surface area contributed by atoms with E-state index in [1.54, 1.807) is 13.0 Å². The lowest BCUT2D eigenvalue weighted by atomic mass is 10.2. The molecule has 0 heterocycles. The van der Waals surface area contributed by atoms with Crippen LogP contribution in [0.3, 0.4) is 0 Å². The van der Waals surface area contributed by atoms with Crippen LogP contribution in [0.25, 0.3) is 0 Å². The van der Waals surface area contributed by atoms with Gasteiger partial charge in [0.1, 0.15) is 29.0 Å². The first-order valence-electron chi connectivity index (χ1n) is 6.29. The lowest BCUT2D eigenvalue weighted by Gasteiger charge is -2.04. The van der Waals surface area contributed by atoms with Crippen LogP contribution in [0.2, 0.25) is 5.02 Å². The van der Waals surface area contributed by atoms with Gasteiger partial charge in [-0.3, -0.25) is 0 Å². The Balaban J connectivity index is 0.000000220. The van der Waals surface area contributed by atoms with E-state index in [-0.39, 0.29) is 11.6 Å². The molecule has 0 atom stereocenters. The maximum absolute atomic E-state index is 12.9. The molecule has 0 amide bonds. The Morgan fingerprint density at radius 2 is 1.23 bits per heavy atom. The number of rotatable bonds is 2. The summed E-state index contributed by atoms with van der Waals surface area (Å²) in [6, 6.07) is 4.83. The van der Waals surface area contributed by atoms with Gasteiger partial charge in [-0.15, -0.1) is 0 Å². The van der Waals surface area contributed by atoms with Crippen molar-refractivity contribution in [2.24, 2.45) is 0 Å². The first-order chi connectivity index (χ1) is 10.3. The van der Waals surface area contributed by atoms with Crippen LogP contribution >= 0.6 is 11.6 Å². The SMILES string of the molecule is COc1cc(Cl)cc(F)c1C.COc1cc(F)cc(F)c1C. The Morgan fingerprint density at radius 3 is 1.73 bits per heavy atom. The zero-order chi connectivity index (χ0) is 16.9. The second-order valence-electron chi connectivity index (χ2n) is 4.43. The average molecular weight is 333 g/mol. The quantitative estimate of drug-likeness (QED) is 0.763. The zero-order valence-corrected chi connectivity index (χ0v) is 13.4. The molecule has 2 aromatic rings. The van der Waals surface area contributed by atoms with Crippen LogP contribution in [0.1, 0.15) is 11.1 Å². The van der Waals surface area contributed by atoms with Crippen molar-refractivity contribution in [1.29, 1.82) is 0 Å². The smallest absolute Gasteiger partial charge is 0.132 e. The molecule has 0 aliphatic heterocycles. The van der Waals surface area contributed by atoms with Gasteiger partial charge in [0.15, 0.2) is 0 Å². The van der Waals surface area contributed by atoms with Gasteiger partial charge < -0.3 is 9.47 Å². The third kappa shape index (κ3) is 4.56. The molecule has 0 bridgehead atoms. The molecule has 0 aliphatic rings. The van der Waals surface area contributed by atoms with E-state index in [0.717, 1.165) is 12.1 Å².